The van der Waals surface area contributed by atoms with Crippen LogP contribution in [0.15, 0.2) is 72.8 Å². The molecule has 0 saturated carbocycles. The van der Waals surface area contributed by atoms with E-state index >= 15 is 26.3 Å². The first-order chi connectivity index (χ1) is 30.3. The summed E-state index contributed by atoms with van der Waals surface area (Å²) in [6, 6.07) is 17.8. The van der Waals surface area contributed by atoms with Gasteiger partial charge >= 0.3 is 12.4 Å². The van der Waals surface area contributed by atoms with E-state index in [1.54, 1.807) is 51.1 Å². The third kappa shape index (κ3) is 6.95. The summed E-state index contributed by atoms with van der Waals surface area (Å²) in [6.45, 7) is 40.3. The number of aryl methyl sites for hydroxylation is 3. The maximum absolute atomic E-state index is 16.2. The van der Waals surface area contributed by atoms with E-state index in [2.05, 4.69) is 70.4 Å². The highest BCUT2D eigenvalue weighted by Crippen LogP contribution is 2.58. The number of hydrogen-bond donors (Lipinski definition) is 0. The number of fused-ring (bicyclic) bond motifs is 3. The molecule has 1 unspecified atom stereocenters. The lowest BCUT2D eigenvalue weighted by Crippen LogP contribution is -2.40. The molecule has 6 aromatic rings. The van der Waals surface area contributed by atoms with Crippen LogP contribution in [0.4, 0.5) is 26.3 Å². The zero-order chi connectivity index (χ0) is 48.1. The zero-order valence-electron chi connectivity index (χ0n) is 39.3. The quantitative estimate of drug-likeness (QED) is 0.0906. The highest BCUT2D eigenvalue weighted by Gasteiger charge is 2.50. The Kier molecular flexibility index (Phi) is 11.5. The number of aromatic nitrogens is 2. The van der Waals surface area contributed by atoms with Crippen molar-refractivity contribution in [3.05, 3.63) is 162 Å². The van der Waals surface area contributed by atoms with Gasteiger partial charge in [0.2, 0.25) is 0 Å². The van der Waals surface area contributed by atoms with Crippen molar-refractivity contribution in [1.29, 1.82) is 0 Å². The van der Waals surface area contributed by atoms with E-state index in [0.717, 1.165) is 39.5 Å². The second kappa shape index (κ2) is 15.9. The second-order valence-electron chi connectivity index (χ2n) is 18.7. The lowest BCUT2D eigenvalue weighted by Gasteiger charge is -2.39. The van der Waals surface area contributed by atoms with Gasteiger partial charge in [-0.25, -0.2) is 0 Å². The molecule has 0 bridgehead atoms. The third-order valence-corrected chi connectivity index (χ3v) is 14.7. The van der Waals surface area contributed by atoms with Crippen molar-refractivity contribution in [2.75, 3.05) is 0 Å². The van der Waals surface area contributed by atoms with Gasteiger partial charge in [-0.05, 0) is 146 Å². The molecule has 0 amide bonds. The van der Waals surface area contributed by atoms with Crippen molar-refractivity contribution in [2.45, 2.75) is 124 Å². The average Bonchev–Trinajstić information content (AvgIpc) is 3.77. The Balaban J connectivity index is 1.66. The van der Waals surface area contributed by atoms with Crippen LogP contribution in [-0.2, 0) is 28.7 Å². The fourth-order valence-electron chi connectivity index (χ4n) is 10.8. The van der Waals surface area contributed by atoms with Gasteiger partial charge in [-0.3, -0.25) is 0 Å². The van der Waals surface area contributed by atoms with E-state index in [1.807, 2.05) is 45.9 Å². The molecule has 1 aliphatic carbocycles. The summed E-state index contributed by atoms with van der Waals surface area (Å²) >= 11 is 0. The van der Waals surface area contributed by atoms with Gasteiger partial charge < -0.3 is 9.13 Å². The molecule has 1 aliphatic rings. The molecule has 0 radical (unpaired) electrons. The van der Waals surface area contributed by atoms with Crippen molar-refractivity contribution in [3.63, 3.8) is 0 Å². The summed E-state index contributed by atoms with van der Waals surface area (Å²) in [6.07, 6.45) is -2.58. The summed E-state index contributed by atoms with van der Waals surface area (Å²) in [4.78, 5) is 0. The molecule has 0 fully saturated rings. The molecule has 2 aromatic heterocycles. The monoisotopic (exact) mass is 884 g/mol. The van der Waals surface area contributed by atoms with E-state index in [4.69, 9.17) is 0 Å². The fraction of sp³-hybridized carbons (Fsp3) is 0.333. The number of nitrogens with zero attached hydrogens (tertiary/aromatic N) is 2. The van der Waals surface area contributed by atoms with E-state index in [0.29, 0.717) is 68.6 Å². The molecule has 2 nitrogen and oxygen atoms in total. The lowest BCUT2D eigenvalue weighted by atomic mass is 9.64. The fourth-order valence-corrected chi connectivity index (χ4v) is 10.8. The minimum Gasteiger partial charge on any atom is -0.336 e. The van der Waals surface area contributed by atoms with Gasteiger partial charge in [-0.1, -0.05) is 110 Å². The third-order valence-electron chi connectivity index (χ3n) is 14.7. The number of halogens is 6. The topological polar surface area (TPSA) is 9.86 Å². The minimum absolute atomic E-state index is 0.158. The first kappa shape index (κ1) is 47.0. The van der Waals surface area contributed by atoms with Crippen LogP contribution >= 0.6 is 0 Å². The summed E-state index contributed by atoms with van der Waals surface area (Å²) in [7, 11) is 0. The molecule has 338 valence electrons. The number of alkyl halides is 6. The molecule has 0 spiro atoms. The van der Waals surface area contributed by atoms with Gasteiger partial charge in [0.15, 0.2) is 0 Å². The minimum atomic E-state index is -4.94. The van der Waals surface area contributed by atoms with Gasteiger partial charge in [0.1, 0.15) is 0 Å². The summed E-state index contributed by atoms with van der Waals surface area (Å²) < 4.78 is 99.2. The van der Waals surface area contributed by atoms with Crippen molar-refractivity contribution < 1.29 is 26.3 Å². The molecular weight excluding hydrogens is 827 g/mol. The standard InChI is InChI=1S/C57H58F6N2/c1-16-21-22-47-41(17-2)42-24-23-32(6)25-48(42)55(47,39-26-33(7)51(54(15,19-4)20-5)49(28-39)56(58,59)60)40-27-34(8)52(50(29-40)57(61,62)63)64-35(9)43-30-45-37(11)65(53(13,14)18-3)38(12)46(45)31-44(43)36(64)10/h16,21-22,25-31H,1,9-12,17-20H2,2-8,13-15H3/b22-21-. The molecule has 0 N–H and O–H groups in total. The molecule has 65 heavy (non-hydrogen) atoms. The Morgan fingerprint density at radius 3 is 1.63 bits per heavy atom. The van der Waals surface area contributed by atoms with Gasteiger partial charge in [-0.15, -0.1) is 0 Å². The molecule has 8 heteroatoms. The van der Waals surface area contributed by atoms with Gasteiger partial charge in [-0.2, -0.15) is 26.3 Å². The smallest absolute Gasteiger partial charge is 0.336 e. The Morgan fingerprint density at radius 1 is 0.646 bits per heavy atom. The average molecular weight is 885 g/mol. The number of benzene rings is 3. The van der Waals surface area contributed by atoms with Gasteiger partial charge in [0.05, 0.1) is 22.2 Å². The molecule has 1 atom stereocenters. The first-order valence-electron chi connectivity index (χ1n) is 22.3. The van der Waals surface area contributed by atoms with Crippen LogP contribution in [0.5, 0.6) is 0 Å². The van der Waals surface area contributed by atoms with Crippen LogP contribution in [0.25, 0.3) is 59.1 Å². The number of allylic oxidation sites excluding steroid dienone is 5. The van der Waals surface area contributed by atoms with E-state index in [-0.39, 0.29) is 33.5 Å². The van der Waals surface area contributed by atoms with Crippen molar-refractivity contribution in [2.24, 2.45) is 0 Å². The Hall–Kier alpha value is -5.94. The van der Waals surface area contributed by atoms with Crippen molar-refractivity contribution in [3.8, 4) is 5.69 Å². The van der Waals surface area contributed by atoms with Crippen LogP contribution in [-0.4, -0.2) is 9.13 Å². The van der Waals surface area contributed by atoms with Crippen molar-refractivity contribution in [1.82, 2.24) is 9.13 Å². The molecule has 4 aromatic carbocycles. The van der Waals surface area contributed by atoms with Crippen LogP contribution in [0.1, 0.15) is 130 Å². The maximum Gasteiger partial charge on any atom is 0.418 e. The summed E-state index contributed by atoms with van der Waals surface area (Å²) in [5.74, 6) is 0. The van der Waals surface area contributed by atoms with Crippen molar-refractivity contribution >= 4 is 53.4 Å². The van der Waals surface area contributed by atoms with E-state index in [1.165, 1.54) is 10.6 Å². The largest absolute Gasteiger partial charge is 0.418 e. The molecule has 7 rings (SSSR count). The van der Waals surface area contributed by atoms with Crippen LogP contribution < -0.4 is 21.4 Å². The molecular formula is C57H58F6N2. The van der Waals surface area contributed by atoms with Crippen LogP contribution in [0.2, 0.25) is 0 Å². The maximum atomic E-state index is 16.2. The zero-order valence-corrected chi connectivity index (χ0v) is 39.3. The highest BCUT2D eigenvalue weighted by atomic mass is 19.4. The Bertz CT molecular complexity index is 3150. The lowest BCUT2D eigenvalue weighted by molar-refractivity contribution is -0.139. The highest BCUT2D eigenvalue weighted by molar-refractivity contribution is 5.99. The van der Waals surface area contributed by atoms with Gasteiger partial charge in [0.25, 0.3) is 0 Å². The Labute approximate surface area is 379 Å². The molecule has 2 heterocycles. The summed E-state index contributed by atoms with van der Waals surface area (Å²) in [5, 5.41) is 4.97. The van der Waals surface area contributed by atoms with Crippen LogP contribution in [0, 0.1) is 32.9 Å². The van der Waals surface area contributed by atoms with E-state index in [9.17, 15) is 0 Å². The number of hydrogen-bond acceptors (Lipinski definition) is 0. The predicted octanol–water partition coefficient (Wildman–Crippen LogP) is 13.3. The molecule has 0 saturated heterocycles. The Morgan fingerprint density at radius 2 is 1.15 bits per heavy atom. The van der Waals surface area contributed by atoms with Gasteiger partial charge in [0, 0.05) is 54.0 Å². The normalized spacial score (nSPS) is 16.1. The molecule has 0 aliphatic heterocycles. The first-order valence-corrected chi connectivity index (χ1v) is 22.3. The predicted molar refractivity (Wildman–Crippen MR) is 258 cm³/mol. The summed E-state index contributed by atoms with van der Waals surface area (Å²) in [5.41, 5.74) is -0.504. The number of rotatable bonds is 11. The van der Waals surface area contributed by atoms with E-state index < -0.39 is 34.3 Å². The van der Waals surface area contributed by atoms with Crippen LogP contribution in [0.3, 0.4) is 0 Å². The SMILES string of the molecule is C=C/C=C\C1=C(CC)c2c#cc(C)cc2C1(c1cc(C)c(-n2c(=C)c3cc4c(=C)n(C(C)(C)CC)c(=C)c4cc3c2=C)c(C(F)(F)F)c1)c1cc(C)c(C(C)(CC)CC)c(C(F)(F)F)c1. The second-order valence-corrected chi connectivity index (χ2v) is 18.7.